The molecule has 0 saturated carbocycles. The number of halogens is 1. The fourth-order valence-electron chi connectivity index (χ4n) is 1.71. The van der Waals surface area contributed by atoms with E-state index < -0.39 is 0 Å². The van der Waals surface area contributed by atoms with Crippen LogP contribution in [0.5, 0.6) is 0 Å². The molecular weight excluding hydrogens is 312 g/mol. The molecule has 2 rings (SSSR count). The van der Waals surface area contributed by atoms with Gasteiger partial charge in [-0.2, -0.15) is 4.98 Å². The molecule has 1 aromatic heterocycles. The molecule has 0 bridgehead atoms. The van der Waals surface area contributed by atoms with Gasteiger partial charge >= 0.3 is 11.7 Å². The Morgan fingerprint density at radius 1 is 1.38 bits per heavy atom. The SMILES string of the molecule is COC(=O)c1ccc(SC(C)n2cc(Cl)cnc2=O)cc1. The van der Waals surface area contributed by atoms with E-state index in [1.807, 2.05) is 6.92 Å². The Kier molecular flexibility index (Phi) is 5.03. The smallest absolute Gasteiger partial charge is 0.348 e. The first kappa shape index (κ1) is 15.6. The molecule has 0 aliphatic rings. The molecule has 0 aliphatic heterocycles. The van der Waals surface area contributed by atoms with Gasteiger partial charge in [-0.15, -0.1) is 11.8 Å². The van der Waals surface area contributed by atoms with Crippen molar-refractivity contribution in [3.05, 3.63) is 57.7 Å². The van der Waals surface area contributed by atoms with Gasteiger partial charge in [-0.1, -0.05) is 11.6 Å². The van der Waals surface area contributed by atoms with Crippen molar-refractivity contribution < 1.29 is 9.53 Å². The zero-order valence-electron chi connectivity index (χ0n) is 11.4. The maximum absolute atomic E-state index is 11.7. The molecule has 0 aliphatic carbocycles. The van der Waals surface area contributed by atoms with Gasteiger partial charge in [-0.3, -0.25) is 4.57 Å². The maximum atomic E-state index is 11.7. The molecule has 0 radical (unpaired) electrons. The third kappa shape index (κ3) is 3.86. The molecule has 1 atom stereocenters. The molecule has 0 saturated heterocycles. The Bertz CT molecular complexity index is 700. The highest BCUT2D eigenvalue weighted by Crippen LogP contribution is 2.30. The number of ether oxygens (including phenoxy) is 1. The lowest BCUT2D eigenvalue weighted by atomic mass is 10.2. The Morgan fingerprint density at radius 3 is 2.67 bits per heavy atom. The van der Waals surface area contributed by atoms with Crippen molar-refractivity contribution in [2.24, 2.45) is 0 Å². The van der Waals surface area contributed by atoms with E-state index >= 15 is 0 Å². The lowest BCUT2D eigenvalue weighted by Crippen LogP contribution is -2.23. The molecule has 0 N–H and O–H groups in total. The number of benzene rings is 1. The fourth-order valence-corrected chi connectivity index (χ4v) is 2.81. The van der Waals surface area contributed by atoms with Gasteiger partial charge in [0.1, 0.15) is 0 Å². The van der Waals surface area contributed by atoms with Crippen molar-refractivity contribution >= 4 is 29.3 Å². The molecule has 21 heavy (non-hydrogen) atoms. The van der Waals surface area contributed by atoms with Crippen molar-refractivity contribution in [2.45, 2.75) is 17.2 Å². The van der Waals surface area contributed by atoms with Gasteiger partial charge in [-0.25, -0.2) is 9.59 Å². The topological polar surface area (TPSA) is 61.2 Å². The lowest BCUT2D eigenvalue weighted by Gasteiger charge is -2.14. The molecule has 110 valence electrons. The number of hydrogen-bond donors (Lipinski definition) is 0. The second-order valence-corrected chi connectivity index (χ2v) is 6.02. The number of carbonyl (C=O) groups is 1. The molecule has 1 aromatic carbocycles. The summed E-state index contributed by atoms with van der Waals surface area (Å²) in [6, 6.07) is 6.96. The van der Waals surface area contributed by atoms with E-state index in [4.69, 9.17) is 11.6 Å². The summed E-state index contributed by atoms with van der Waals surface area (Å²) in [4.78, 5) is 27.7. The third-order valence-corrected chi connectivity index (χ3v) is 4.06. The predicted molar refractivity (Wildman–Crippen MR) is 81.9 cm³/mol. The first-order chi connectivity index (χ1) is 10.0. The summed E-state index contributed by atoms with van der Waals surface area (Å²) in [7, 11) is 1.34. The summed E-state index contributed by atoms with van der Waals surface area (Å²) in [5.74, 6) is -0.380. The number of nitrogens with zero attached hydrogens (tertiary/aromatic N) is 2. The van der Waals surface area contributed by atoms with Crippen molar-refractivity contribution in [1.82, 2.24) is 9.55 Å². The number of thioether (sulfide) groups is 1. The summed E-state index contributed by atoms with van der Waals surface area (Å²) in [6.07, 6.45) is 2.88. The molecule has 7 heteroatoms. The quantitative estimate of drug-likeness (QED) is 0.639. The first-order valence-corrected chi connectivity index (χ1v) is 7.35. The summed E-state index contributed by atoms with van der Waals surface area (Å²) >= 11 is 7.31. The fraction of sp³-hybridized carbons (Fsp3) is 0.214. The number of hydrogen-bond acceptors (Lipinski definition) is 5. The van der Waals surface area contributed by atoms with Crippen LogP contribution in [0.3, 0.4) is 0 Å². The monoisotopic (exact) mass is 324 g/mol. The normalized spacial score (nSPS) is 12.0. The van der Waals surface area contributed by atoms with E-state index in [2.05, 4.69) is 9.72 Å². The highest BCUT2D eigenvalue weighted by atomic mass is 35.5. The van der Waals surface area contributed by atoms with Crippen LogP contribution in [-0.4, -0.2) is 22.6 Å². The minimum Gasteiger partial charge on any atom is -0.465 e. The molecule has 1 heterocycles. The summed E-state index contributed by atoms with van der Waals surface area (Å²) in [5, 5.41) is 0.232. The molecule has 1 unspecified atom stereocenters. The Morgan fingerprint density at radius 2 is 2.05 bits per heavy atom. The Labute approximate surface area is 130 Å². The second kappa shape index (κ2) is 6.78. The number of aromatic nitrogens is 2. The van der Waals surface area contributed by atoms with E-state index in [9.17, 15) is 9.59 Å². The zero-order valence-corrected chi connectivity index (χ0v) is 13.0. The maximum Gasteiger partial charge on any atom is 0.348 e. The van der Waals surface area contributed by atoms with Crippen molar-refractivity contribution in [3.63, 3.8) is 0 Å². The van der Waals surface area contributed by atoms with Gasteiger partial charge in [0.25, 0.3) is 0 Å². The Hall–Kier alpha value is -1.79. The summed E-state index contributed by atoms with van der Waals surface area (Å²) in [6.45, 7) is 1.87. The second-order valence-electron chi connectivity index (χ2n) is 4.20. The van der Waals surface area contributed by atoms with Crippen LogP contribution in [0.2, 0.25) is 5.02 Å². The lowest BCUT2D eigenvalue weighted by molar-refractivity contribution is 0.0600. The predicted octanol–water partition coefficient (Wildman–Crippen LogP) is 2.99. The van der Waals surface area contributed by atoms with Crippen LogP contribution < -0.4 is 5.69 Å². The zero-order chi connectivity index (χ0) is 15.4. The molecule has 0 amide bonds. The molecule has 0 fully saturated rings. The molecule has 0 spiro atoms. The van der Waals surface area contributed by atoms with Crippen LogP contribution in [0.1, 0.15) is 22.7 Å². The van der Waals surface area contributed by atoms with E-state index in [0.29, 0.717) is 10.6 Å². The van der Waals surface area contributed by atoms with Gasteiger partial charge in [0.2, 0.25) is 0 Å². The largest absolute Gasteiger partial charge is 0.465 e. The number of esters is 1. The standard InChI is InChI=1S/C14H13ClN2O3S/c1-9(17-8-11(15)7-16-14(17)19)21-12-5-3-10(4-6-12)13(18)20-2/h3-9H,1-2H3. The van der Waals surface area contributed by atoms with Crippen LogP contribution in [0.25, 0.3) is 0 Å². The highest BCUT2D eigenvalue weighted by molar-refractivity contribution is 7.99. The third-order valence-electron chi connectivity index (χ3n) is 2.76. The van der Waals surface area contributed by atoms with Crippen LogP contribution >= 0.6 is 23.4 Å². The van der Waals surface area contributed by atoms with E-state index in [0.717, 1.165) is 4.90 Å². The Balaban J connectivity index is 2.16. The van der Waals surface area contributed by atoms with Crippen LogP contribution in [0.4, 0.5) is 0 Å². The number of rotatable bonds is 4. The van der Waals surface area contributed by atoms with E-state index in [1.54, 1.807) is 30.5 Å². The van der Waals surface area contributed by atoms with Crippen molar-refractivity contribution in [3.8, 4) is 0 Å². The van der Waals surface area contributed by atoms with Gasteiger partial charge in [0.15, 0.2) is 0 Å². The highest BCUT2D eigenvalue weighted by Gasteiger charge is 2.11. The average molecular weight is 325 g/mol. The minimum absolute atomic E-state index is 0.173. The number of methoxy groups -OCH3 is 1. The van der Waals surface area contributed by atoms with Crippen molar-refractivity contribution in [2.75, 3.05) is 7.11 Å². The van der Waals surface area contributed by atoms with Gasteiger partial charge in [0.05, 0.1) is 29.3 Å². The molecular formula is C14H13ClN2O3S. The van der Waals surface area contributed by atoms with Crippen molar-refractivity contribution in [1.29, 1.82) is 0 Å². The van der Waals surface area contributed by atoms with E-state index in [-0.39, 0.29) is 17.0 Å². The average Bonchev–Trinajstić information content (AvgIpc) is 2.49. The molecule has 2 aromatic rings. The van der Waals surface area contributed by atoms with Gasteiger partial charge in [0, 0.05) is 11.1 Å². The van der Waals surface area contributed by atoms with E-state index in [1.165, 1.54) is 29.6 Å². The van der Waals surface area contributed by atoms with Crippen LogP contribution in [0, 0.1) is 0 Å². The summed E-state index contributed by atoms with van der Waals surface area (Å²) in [5.41, 5.74) is 0.127. The van der Waals surface area contributed by atoms with Gasteiger partial charge in [-0.05, 0) is 31.2 Å². The number of carbonyl (C=O) groups excluding carboxylic acids is 1. The van der Waals surface area contributed by atoms with Gasteiger partial charge < -0.3 is 4.74 Å². The minimum atomic E-state index is -0.380. The molecule has 5 nitrogen and oxygen atoms in total. The first-order valence-electron chi connectivity index (χ1n) is 6.10. The summed E-state index contributed by atoms with van der Waals surface area (Å²) < 4.78 is 6.10. The van der Waals surface area contributed by atoms with Crippen LogP contribution in [0.15, 0.2) is 46.3 Å². The van der Waals surface area contributed by atoms with Crippen LogP contribution in [-0.2, 0) is 4.74 Å².